The topological polar surface area (TPSA) is 64.2 Å². The molecule has 2 aromatic carbocycles. The van der Waals surface area contributed by atoms with E-state index in [9.17, 15) is 0 Å². The minimum absolute atomic E-state index is 0.534. The number of nitrogens with two attached hydrogens (primary N) is 1. The van der Waals surface area contributed by atoms with Crippen molar-refractivity contribution in [2.75, 3.05) is 0 Å². The lowest BCUT2D eigenvalue weighted by atomic mass is 10.1. The van der Waals surface area contributed by atoms with Gasteiger partial charge in [-0.1, -0.05) is 30.3 Å². The maximum atomic E-state index is 5.60. The predicted octanol–water partition coefficient (Wildman–Crippen LogP) is 3.42. The minimum atomic E-state index is 0.534. The van der Waals surface area contributed by atoms with Gasteiger partial charge < -0.3 is 5.73 Å². The molecule has 0 bridgehead atoms. The van der Waals surface area contributed by atoms with Crippen LogP contribution in [-0.4, -0.2) is 15.8 Å². The second-order valence-electron chi connectivity index (χ2n) is 5.27. The van der Waals surface area contributed by atoms with Crippen molar-refractivity contribution in [3.63, 3.8) is 0 Å². The number of nitrogens with zero attached hydrogens (tertiary/aromatic N) is 3. The highest BCUT2D eigenvalue weighted by atomic mass is 14.9. The summed E-state index contributed by atoms with van der Waals surface area (Å²) < 4.78 is 0. The Kier molecular flexibility index (Phi) is 4.10. The lowest BCUT2D eigenvalue weighted by Crippen LogP contribution is -2.03. The number of amidine groups is 1. The first-order chi connectivity index (χ1) is 10.7. The highest BCUT2D eigenvalue weighted by molar-refractivity contribution is 5.83. The van der Waals surface area contributed by atoms with Crippen molar-refractivity contribution < 1.29 is 0 Å². The van der Waals surface area contributed by atoms with E-state index < -0.39 is 0 Å². The molecule has 0 fully saturated rings. The predicted molar refractivity (Wildman–Crippen MR) is 90.3 cm³/mol. The van der Waals surface area contributed by atoms with E-state index in [1.165, 1.54) is 5.56 Å². The number of benzene rings is 2. The maximum absolute atomic E-state index is 5.60. The van der Waals surface area contributed by atoms with Gasteiger partial charge >= 0.3 is 0 Å². The quantitative estimate of drug-likeness (QED) is 0.591. The molecule has 1 aromatic heterocycles. The van der Waals surface area contributed by atoms with Gasteiger partial charge in [0.05, 0.1) is 28.3 Å². The van der Waals surface area contributed by atoms with Crippen molar-refractivity contribution in [2.24, 2.45) is 10.7 Å². The van der Waals surface area contributed by atoms with Crippen LogP contribution in [0.5, 0.6) is 0 Å². The summed E-state index contributed by atoms with van der Waals surface area (Å²) in [5, 5.41) is 0. The van der Waals surface area contributed by atoms with Crippen LogP contribution in [-0.2, 0) is 12.8 Å². The average molecular weight is 290 g/mol. The molecule has 0 aliphatic heterocycles. The number of hydrogen-bond acceptors (Lipinski definition) is 3. The van der Waals surface area contributed by atoms with Crippen LogP contribution < -0.4 is 5.73 Å². The summed E-state index contributed by atoms with van der Waals surface area (Å²) in [4.78, 5) is 13.4. The van der Waals surface area contributed by atoms with E-state index in [0.717, 1.165) is 35.3 Å². The molecule has 110 valence electrons. The first kappa shape index (κ1) is 14.2. The Morgan fingerprint density at radius 3 is 2.64 bits per heavy atom. The zero-order valence-electron chi connectivity index (χ0n) is 12.5. The van der Waals surface area contributed by atoms with Crippen LogP contribution in [0.4, 0.5) is 5.69 Å². The normalized spacial score (nSPS) is 11.8. The number of hydrogen-bond donors (Lipinski definition) is 1. The molecule has 0 aliphatic rings. The summed E-state index contributed by atoms with van der Waals surface area (Å²) >= 11 is 0. The van der Waals surface area contributed by atoms with Crippen LogP contribution in [0, 0.1) is 0 Å². The van der Waals surface area contributed by atoms with Crippen LogP contribution in [0.2, 0.25) is 0 Å². The van der Waals surface area contributed by atoms with Gasteiger partial charge in [-0.25, -0.2) is 9.98 Å². The van der Waals surface area contributed by atoms with Crippen molar-refractivity contribution in [3.8, 4) is 0 Å². The van der Waals surface area contributed by atoms with Crippen LogP contribution in [0.1, 0.15) is 18.2 Å². The Balaban J connectivity index is 1.80. The van der Waals surface area contributed by atoms with E-state index >= 15 is 0 Å². The number of aliphatic imine (C=N–C) groups is 1. The van der Waals surface area contributed by atoms with Gasteiger partial charge in [0.2, 0.25) is 0 Å². The third-order valence-corrected chi connectivity index (χ3v) is 3.39. The highest BCUT2D eigenvalue weighted by Gasteiger charge is 2.02. The van der Waals surface area contributed by atoms with Crippen LogP contribution in [0.15, 0.2) is 59.7 Å². The second kappa shape index (κ2) is 6.35. The van der Waals surface area contributed by atoms with E-state index in [0.29, 0.717) is 5.84 Å². The molecule has 0 unspecified atom stereocenters. The van der Waals surface area contributed by atoms with Crippen molar-refractivity contribution in [2.45, 2.75) is 19.8 Å². The Morgan fingerprint density at radius 1 is 1.05 bits per heavy atom. The number of fused-ring (bicyclic) bond motifs is 1. The summed E-state index contributed by atoms with van der Waals surface area (Å²) in [5.74, 6) is 0.534. The zero-order valence-corrected chi connectivity index (χ0v) is 12.5. The third-order valence-electron chi connectivity index (χ3n) is 3.39. The van der Waals surface area contributed by atoms with Crippen molar-refractivity contribution in [1.29, 1.82) is 0 Å². The standard InChI is InChI=1S/C18H18N4/c1-13(19)21-15-9-10-17-18(11-15)20-12-16(22-17)8-7-14-5-3-2-4-6-14/h2-6,9-12H,7-8H2,1H3,(H2,19,21). The Hall–Kier alpha value is -2.75. The second-order valence-corrected chi connectivity index (χ2v) is 5.27. The van der Waals surface area contributed by atoms with Gasteiger partial charge in [0.1, 0.15) is 0 Å². The van der Waals surface area contributed by atoms with E-state index in [1.807, 2.05) is 30.5 Å². The van der Waals surface area contributed by atoms with Crippen LogP contribution >= 0.6 is 0 Å². The SMILES string of the molecule is CC(N)=Nc1ccc2nc(CCc3ccccc3)cnc2c1. The summed E-state index contributed by atoms with van der Waals surface area (Å²) in [6, 6.07) is 16.2. The molecule has 0 radical (unpaired) electrons. The van der Waals surface area contributed by atoms with Gasteiger partial charge in [-0.05, 0) is 43.5 Å². The molecule has 0 spiro atoms. The molecule has 0 amide bonds. The molecule has 22 heavy (non-hydrogen) atoms. The first-order valence-corrected chi connectivity index (χ1v) is 7.31. The maximum Gasteiger partial charge on any atom is 0.0964 e. The number of rotatable bonds is 4. The molecule has 3 aromatic rings. The Bertz CT molecular complexity index is 806. The fourth-order valence-electron chi connectivity index (χ4n) is 2.35. The molecule has 0 atom stereocenters. The summed E-state index contributed by atoms with van der Waals surface area (Å²) in [5.41, 5.74) is 10.4. The van der Waals surface area contributed by atoms with Crippen molar-refractivity contribution >= 4 is 22.6 Å². The first-order valence-electron chi connectivity index (χ1n) is 7.31. The van der Waals surface area contributed by atoms with Gasteiger partial charge in [0.15, 0.2) is 0 Å². The highest BCUT2D eigenvalue weighted by Crippen LogP contribution is 2.19. The molecule has 3 rings (SSSR count). The molecule has 0 saturated heterocycles. The molecular weight excluding hydrogens is 272 g/mol. The van der Waals surface area contributed by atoms with Crippen LogP contribution in [0.3, 0.4) is 0 Å². The van der Waals surface area contributed by atoms with Gasteiger partial charge in [-0.3, -0.25) is 4.98 Å². The van der Waals surface area contributed by atoms with Crippen LogP contribution in [0.25, 0.3) is 11.0 Å². The Labute approximate surface area is 129 Å². The number of aryl methyl sites for hydroxylation is 2. The Morgan fingerprint density at radius 2 is 1.86 bits per heavy atom. The average Bonchev–Trinajstić information content (AvgIpc) is 2.53. The van der Waals surface area contributed by atoms with Gasteiger partial charge in [0.25, 0.3) is 0 Å². The third kappa shape index (κ3) is 3.47. The molecule has 4 nitrogen and oxygen atoms in total. The van der Waals surface area contributed by atoms with E-state index in [2.05, 4.69) is 39.2 Å². The molecule has 1 heterocycles. The summed E-state index contributed by atoms with van der Waals surface area (Å²) in [6.45, 7) is 1.77. The summed E-state index contributed by atoms with van der Waals surface area (Å²) in [6.07, 6.45) is 3.69. The molecule has 0 saturated carbocycles. The molecule has 2 N–H and O–H groups in total. The summed E-state index contributed by atoms with van der Waals surface area (Å²) in [7, 11) is 0. The minimum Gasteiger partial charge on any atom is -0.387 e. The zero-order chi connectivity index (χ0) is 15.4. The van der Waals surface area contributed by atoms with Gasteiger partial charge in [0, 0.05) is 6.20 Å². The van der Waals surface area contributed by atoms with E-state index in [-0.39, 0.29) is 0 Å². The van der Waals surface area contributed by atoms with E-state index in [4.69, 9.17) is 5.73 Å². The molecular formula is C18H18N4. The fraction of sp³-hybridized carbons (Fsp3) is 0.167. The fourth-order valence-corrected chi connectivity index (χ4v) is 2.35. The van der Waals surface area contributed by atoms with E-state index in [1.54, 1.807) is 6.92 Å². The van der Waals surface area contributed by atoms with Crippen molar-refractivity contribution in [1.82, 2.24) is 9.97 Å². The van der Waals surface area contributed by atoms with Gasteiger partial charge in [-0.15, -0.1) is 0 Å². The lowest BCUT2D eigenvalue weighted by molar-refractivity contribution is 0.912. The monoisotopic (exact) mass is 290 g/mol. The molecule has 4 heteroatoms. The number of aromatic nitrogens is 2. The van der Waals surface area contributed by atoms with Gasteiger partial charge in [-0.2, -0.15) is 0 Å². The molecule has 0 aliphatic carbocycles. The lowest BCUT2D eigenvalue weighted by Gasteiger charge is -2.04. The van der Waals surface area contributed by atoms with Crippen molar-refractivity contribution in [3.05, 3.63) is 66.0 Å². The smallest absolute Gasteiger partial charge is 0.0964 e. The largest absolute Gasteiger partial charge is 0.387 e.